The van der Waals surface area contributed by atoms with E-state index < -0.39 is 11.6 Å². The summed E-state index contributed by atoms with van der Waals surface area (Å²) in [5.41, 5.74) is -1.48. The van der Waals surface area contributed by atoms with Gasteiger partial charge in [-0.05, 0) is 24.0 Å². The van der Waals surface area contributed by atoms with Gasteiger partial charge in [0.05, 0.1) is 0 Å². The van der Waals surface area contributed by atoms with Gasteiger partial charge in [-0.1, -0.05) is 0 Å². The first kappa shape index (κ1) is 16.2. The summed E-state index contributed by atoms with van der Waals surface area (Å²) in [7, 11) is -0.740. The zero-order valence-electron chi connectivity index (χ0n) is 11.4. The largest absolute Gasteiger partial charge is 0.479 e. The monoisotopic (exact) mass is 344 g/mol. The van der Waals surface area contributed by atoms with Crippen LogP contribution >= 0.6 is 45.3 Å². The number of aliphatic carboxylic acids is 1. The molecule has 2 N–H and O–H groups in total. The Morgan fingerprint density at radius 3 is 1.84 bits per heavy atom. The Morgan fingerprint density at radius 1 is 1.11 bits per heavy atom. The van der Waals surface area contributed by atoms with E-state index in [-0.39, 0.29) is 32.3 Å². The lowest BCUT2D eigenvalue weighted by Crippen LogP contribution is -2.61. The molecule has 3 nitrogen and oxygen atoms in total. The summed E-state index contributed by atoms with van der Waals surface area (Å²) >= 11 is 3.62. The van der Waals surface area contributed by atoms with Crippen LogP contribution < -0.4 is 0 Å². The summed E-state index contributed by atoms with van der Waals surface area (Å²) in [6.07, 6.45) is 4.34. The molecule has 19 heavy (non-hydrogen) atoms. The molecule has 0 radical (unpaired) electrons. The van der Waals surface area contributed by atoms with Crippen molar-refractivity contribution in [1.29, 1.82) is 0 Å². The zero-order chi connectivity index (χ0) is 14.0. The molecule has 4 atom stereocenters. The Bertz CT molecular complexity index is 317. The van der Waals surface area contributed by atoms with Gasteiger partial charge in [-0.25, -0.2) is 26.6 Å². The molecule has 2 aliphatic heterocycles. The smallest absolute Gasteiger partial charge is 0.337 e. The maximum atomic E-state index is 11.9. The Morgan fingerprint density at radius 2 is 1.53 bits per heavy atom. The molecule has 0 amide bonds. The molecule has 0 saturated carbocycles. The lowest BCUT2D eigenvalue weighted by atomic mass is 9.96. The fourth-order valence-corrected chi connectivity index (χ4v) is 12.8. The number of thiol groups is 2. The van der Waals surface area contributed by atoms with Crippen LogP contribution in [0.3, 0.4) is 0 Å². The predicted molar refractivity (Wildman–Crippen MR) is 94.4 cm³/mol. The maximum absolute atomic E-state index is 11.9. The molecule has 0 spiro atoms. The van der Waals surface area contributed by atoms with E-state index in [0.717, 1.165) is 34.5 Å². The first-order valence-electron chi connectivity index (χ1n) is 6.49. The fraction of sp³-hybridized carbons (Fsp3) is 0.917. The van der Waals surface area contributed by atoms with E-state index in [1.807, 2.05) is 23.5 Å². The summed E-state index contributed by atoms with van der Waals surface area (Å²) in [5.74, 6) is 5.06. The molecule has 2 rings (SSSR count). The van der Waals surface area contributed by atoms with Crippen molar-refractivity contribution in [3.8, 4) is 0 Å². The molecule has 114 valence electrons. The molecule has 0 aromatic heterocycles. The molecule has 0 bridgehead atoms. The molecule has 4 unspecified atom stereocenters. The molecular formula is C12H24O3S4. The number of hydrogen-bond donors (Lipinski definition) is 4. The standard InChI is InChI=1S/C12H24O3S4/c1-18-5-3-16-7-9(18)12(15,11(13)14)10-8-17-4-6-19(10)2/h9-10,15,18-19H,3-8H2,1-2H3,(H,13,14). The summed E-state index contributed by atoms with van der Waals surface area (Å²) in [5, 5.41) is 20.7. The van der Waals surface area contributed by atoms with Crippen LogP contribution in [0, 0.1) is 0 Å². The van der Waals surface area contributed by atoms with Crippen LogP contribution in [0.2, 0.25) is 0 Å². The van der Waals surface area contributed by atoms with Crippen LogP contribution in [-0.2, 0) is 4.79 Å². The van der Waals surface area contributed by atoms with Crippen molar-refractivity contribution in [2.24, 2.45) is 0 Å². The highest BCUT2D eigenvalue weighted by atomic mass is 32.2. The Labute approximate surface area is 129 Å². The van der Waals surface area contributed by atoms with E-state index in [9.17, 15) is 15.0 Å². The van der Waals surface area contributed by atoms with E-state index >= 15 is 0 Å². The molecule has 0 aliphatic carbocycles. The van der Waals surface area contributed by atoms with Crippen molar-refractivity contribution in [2.45, 2.75) is 16.1 Å². The molecule has 2 fully saturated rings. The predicted octanol–water partition coefficient (Wildman–Crippen LogP) is 1.29. The summed E-state index contributed by atoms with van der Waals surface area (Å²) < 4.78 is 0. The van der Waals surface area contributed by atoms with E-state index in [4.69, 9.17) is 0 Å². The maximum Gasteiger partial charge on any atom is 0.337 e. The number of carboxylic acid groups (broad SMARTS) is 1. The van der Waals surface area contributed by atoms with Crippen molar-refractivity contribution in [3.05, 3.63) is 0 Å². The van der Waals surface area contributed by atoms with Gasteiger partial charge < -0.3 is 10.2 Å². The summed E-state index contributed by atoms with van der Waals surface area (Å²) in [6.45, 7) is 0. The number of carbonyl (C=O) groups is 1. The highest BCUT2D eigenvalue weighted by Crippen LogP contribution is 2.49. The fourth-order valence-electron chi connectivity index (χ4n) is 2.81. The number of thioether (sulfide) groups is 2. The van der Waals surface area contributed by atoms with E-state index in [1.54, 1.807) is 0 Å². The third-order valence-corrected chi connectivity index (χ3v) is 12.5. The van der Waals surface area contributed by atoms with E-state index in [1.165, 1.54) is 0 Å². The van der Waals surface area contributed by atoms with E-state index in [0.29, 0.717) is 0 Å². The van der Waals surface area contributed by atoms with Crippen LogP contribution in [0.1, 0.15) is 0 Å². The van der Waals surface area contributed by atoms with Crippen LogP contribution in [0.4, 0.5) is 0 Å². The second-order valence-electron chi connectivity index (χ2n) is 5.27. The average Bonchev–Trinajstić information content (AvgIpc) is 2.38. The minimum atomic E-state index is -1.48. The SMILES string of the molecule is C[SH]1CCSCC1C(O)(C(=O)O)C1CSCC[SH]1C. The van der Waals surface area contributed by atoms with Gasteiger partial charge >= 0.3 is 5.97 Å². The third kappa shape index (κ3) is 3.20. The minimum absolute atomic E-state index is 0.0348. The van der Waals surface area contributed by atoms with Gasteiger partial charge in [0.2, 0.25) is 0 Å². The lowest BCUT2D eigenvalue weighted by molar-refractivity contribution is -0.157. The highest BCUT2D eigenvalue weighted by molar-refractivity contribution is 8.20. The van der Waals surface area contributed by atoms with Gasteiger partial charge in [-0.2, -0.15) is 23.5 Å². The second-order valence-corrected chi connectivity index (χ2v) is 12.7. The van der Waals surface area contributed by atoms with Gasteiger partial charge in [-0.15, -0.1) is 0 Å². The number of hydrogen-bond acceptors (Lipinski definition) is 4. The van der Waals surface area contributed by atoms with Crippen molar-refractivity contribution in [1.82, 2.24) is 0 Å². The Balaban J connectivity index is 2.27. The summed E-state index contributed by atoms with van der Waals surface area (Å²) in [6, 6.07) is 0. The van der Waals surface area contributed by atoms with Crippen molar-refractivity contribution >= 4 is 51.3 Å². The molecule has 2 heterocycles. The van der Waals surface area contributed by atoms with Gasteiger partial charge in [-0.3, -0.25) is 0 Å². The van der Waals surface area contributed by atoms with Crippen LogP contribution in [0.25, 0.3) is 0 Å². The van der Waals surface area contributed by atoms with Crippen LogP contribution in [-0.4, -0.2) is 79.3 Å². The van der Waals surface area contributed by atoms with Gasteiger partial charge in [0, 0.05) is 33.5 Å². The normalized spacial score (nSPS) is 43.3. The first-order chi connectivity index (χ1) is 8.98. The highest BCUT2D eigenvalue weighted by Gasteiger charge is 2.53. The quantitative estimate of drug-likeness (QED) is 0.582. The average molecular weight is 345 g/mol. The van der Waals surface area contributed by atoms with Gasteiger partial charge in [0.25, 0.3) is 0 Å². The van der Waals surface area contributed by atoms with Gasteiger partial charge in [0.15, 0.2) is 5.60 Å². The molecule has 7 heteroatoms. The number of aliphatic hydroxyl groups is 1. The zero-order valence-corrected chi connectivity index (χ0v) is 14.8. The van der Waals surface area contributed by atoms with E-state index in [2.05, 4.69) is 12.5 Å². The van der Waals surface area contributed by atoms with Crippen LogP contribution in [0.15, 0.2) is 0 Å². The number of rotatable bonds is 3. The van der Waals surface area contributed by atoms with Gasteiger partial charge in [0.1, 0.15) is 0 Å². The van der Waals surface area contributed by atoms with Crippen LogP contribution in [0.5, 0.6) is 0 Å². The lowest BCUT2D eigenvalue weighted by Gasteiger charge is -2.48. The molecular weight excluding hydrogens is 320 g/mol. The van der Waals surface area contributed by atoms with Crippen molar-refractivity contribution in [3.63, 3.8) is 0 Å². The Hall–Kier alpha value is 0.830. The topological polar surface area (TPSA) is 57.5 Å². The molecule has 2 saturated heterocycles. The van der Waals surface area contributed by atoms with Crippen molar-refractivity contribution in [2.75, 3.05) is 47.0 Å². The molecule has 0 aromatic rings. The number of carboxylic acids is 1. The Kier molecular flexibility index (Phi) is 5.74. The second kappa shape index (κ2) is 6.73. The molecule has 0 aromatic carbocycles. The third-order valence-electron chi connectivity index (χ3n) is 4.15. The summed E-state index contributed by atoms with van der Waals surface area (Å²) in [4.78, 5) is 11.9. The molecule has 2 aliphatic rings. The minimum Gasteiger partial charge on any atom is -0.479 e. The first-order valence-corrected chi connectivity index (χ1v) is 12.9. The van der Waals surface area contributed by atoms with Crippen molar-refractivity contribution < 1.29 is 15.0 Å².